The maximum atomic E-state index is 12.7. The number of anilines is 1. The summed E-state index contributed by atoms with van der Waals surface area (Å²) in [5.41, 5.74) is 2.90. The van der Waals surface area contributed by atoms with Crippen molar-refractivity contribution in [3.05, 3.63) is 29.3 Å². The second-order valence-electron chi connectivity index (χ2n) is 7.27. The first-order chi connectivity index (χ1) is 12.9. The minimum absolute atomic E-state index is 0.0135. The average Bonchev–Trinajstić information content (AvgIpc) is 3.45. The molecule has 2 unspecified atom stereocenters. The lowest BCUT2D eigenvalue weighted by molar-refractivity contribution is -0.135. The van der Waals surface area contributed by atoms with E-state index in [1.165, 1.54) is 0 Å². The van der Waals surface area contributed by atoms with Crippen LogP contribution in [0.4, 0.5) is 10.5 Å². The van der Waals surface area contributed by atoms with Gasteiger partial charge in [-0.25, -0.2) is 4.79 Å². The highest BCUT2D eigenvalue weighted by Gasteiger charge is 2.49. The molecule has 1 heterocycles. The summed E-state index contributed by atoms with van der Waals surface area (Å²) in [6.45, 7) is 7.96. The fourth-order valence-corrected chi connectivity index (χ4v) is 3.41. The topological polar surface area (TPSA) is 79.0 Å². The van der Waals surface area contributed by atoms with Gasteiger partial charge in [-0.3, -0.25) is 9.59 Å². The molecule has 7 heteroatoms. The Balaban J connectivity index is 1.50. The molecule has 0 aromatic heterocycles. The highest BCUT2D eigenvalue weighted by atomic mass is 16.6. The van der Waals surface area contributed by atoms with Crippen LogP contribution in [0.1, 0.15) is 24.5 Å². The maximum Gasteiger partial charge on any atom is 0.409 e. The van der Waals surface area contributed by atoms with E-state index in [9.17, 15) is 14.4 Å². The molecule has 146 valence electrons. The summed E-state index contributed by atoms with van der Waals surface area (Å²) in [7, 11) is 0. The Hall–Kier alpha value is -2.57. The predicted molar refractivity (Wildman–Crippen MR) is 101 cm³/mol. The zero-order valence-electron chi connectivity index (χ0n) is 16.2. The molecule has 3 amide bonds. The molecule has 1 saturated heterocycles. The summed E-state index contributed by atoms with van der Waals surface area (Å²) >= 11 is 0. The molecule has 3 rings (SSSR count). The van der Waals surface area contributed by atoms with Crippen LogP contribution in [0.5, 0.6) is 0 Å². The van der Waals surface area contributed by atoms with Crippen LogP contribution in [0.15, 0.2) is 18.2 Å². The highest BCUT2D eigenvalue weighted by molar-refractivity contribution is 6.00. The third-order valence-corrected chi connectivity index (χ3v) is 5.21. The van der Waals surface area contributed by atoms with Gasteiger partial charge in [-0.15, -0.1) is 0 Å². The highest BCUT2D eigenvalue weighted by Crippen LogP contribution is 2.41. The number of amides is 3. The number of benzene rings is 1. The molecular weight excluding hydrogens is 346 g/mol. The minimum Gasteiger partial charge on any atom is -0.450 e. The van der Waals surface area contributed by atoms with E-state index in [0.717, 1.165) is 16.8 Å². The average molecular weight is 373 g/mol. The van der Waals surface area contributed by atoms with Crippen LogP contribution in [0.3, 0.4) is 0 Å². The van der Waals surface area contributed by atoms with E-state index < -0.39 is 0 Å². The Labute approximate surface area is 159 Å². The smallest absolute Gasteiger partial charge is 0.409 e. The molecule has 2 fully saturated rings. The van der Waals surface area contributed by atoms with Crippen molar-refractivity contribution < 1.29 is 19.1 Å². The quantitative estimate of drug-likeness (QED) is 0.877. The van der Waals surface area contributed by atoms with E-state index in [-0.39, 0.29) is 29.7 Å². The number of rotatable bonds is 4. The van der Waals surface area contributed by atoms with Gasteiger partial charge in [0.05, 0.1) is 18.4 Å². The first-order valence-electron chi connectivity index (χ1n) is 9.49. The van der Waals surface area contributed by atoms with Gasteiger partial charge in [-0.05, 0) is 44.4 Å². The number of nitrogens with zero attached hydrogens (tertiary/aromatic N) is 2. The molecular formula is C20H27N3O4. The largest absolute Gasteiger partial charge is 0.450 e. The maximum absolute atomic E-state index is 12.7. The van der Waals surface area contributed by atoms with Gasteiger partial charge in [-0.1, -0.05) is 12.1 Å². The number of ether oxygens (including phenoxy) is 1. The molecule has 1 saturated carbocycles. The summed E-state index contributed by atoms with van der Waals surface area (Å²) in [6, 6.07) is 5.93. The summed E-state index contributed by atoms with van der Waals surface area (Å²) in [4.78, 5) is 40.3. The molecule has 27 heavy (non-hydrogen) atoms. The van der Waals surface area contributed by atoms with E-state index in [2.05, 4.69) is 5.32 Å². The number of hydrogen-bond donors (Lipinski definition) is 1. The zero-order valence-corrected chi connectivity index (χ0v) is 16.2. The molecule has 1 aromatic rings. The van der Waals surface area contributed by atoms with Gasteiger partial charge in [-0.2, -0.15) is 0 Å². The van der Waals surface area contributed by atoms with E-state index in [1.807, 2.05) is 32.0 Å². The number of carbonyl (C=O) groups is 3. The fourth-order valence-electron chi connectivity index (χ4n) is 3.41. The number of carbonyl (C=O) groups excluding carboxylic acids is 3. The third kappa shape index (κ3) is 4.40. The molecule has 0 spiro atoms. The van der Waals surface area contributed by atoms with Gasteiger partial charge in [0.25, 0.3) is 0 Å². The van der Waals surface area contributed by atoms with Crippen LogP contribution in [0.2, 0.25) is 0 Å². The lowest BCUT2D eigenvalue weighted by Crippen LogP contribution is -2.51. The SMILES string of the molecule is CCOC(=O)N1CCN(C(=O)C2CC2C(=O)Nc2cc(C)ccc2C)CC1. The molecule has 7 nitrogen and oxygen atoms in total. The number of hydrogen-bond acceptors (Lipinski definition) is 4. The van der Waals surface area contributed by atoms with Gasteiger partial charge in [0, 0.05) is 31.9 Å². The monoisotopic (exact) mass is 373 g/mol. The Bertz CT molecular complexity index is 741. The predicted octanol–water partition coefficient (Wildman–Crippen LogP) is 2.18. The molecule has 1 aliphatic carbocycles. The van der Waals surface area contributed by atoms with Crippen LogP contribution in [0, 0.1) is 25.7 Å². The molecule has 0 radical (unpaired) electrons. The Morgan fingerprint density at radius 1 is 1.07 bits per heavy atom. The lowest BCUT2D eigenvalue weighted by Gasteiger charge is -2.34. The van der Waals surface area contributed by atoms with Crippen LogP contribution in [0.25, 0.3) is 0 Å². The van der Waals surface area contributed by atoms with Crippen molar-refractivity contribution in [2.45, 2.75) is 27.2 Å². The lowest BCUT2D eigenvalue weighted by atomic mass is 10.1. The van der Waals surface area contributed by atoms with E-state index >= 15 is 0 Å². The van der Waals surface area contributed by atoms with E-state index in [4.69, 9.17) is 4.74 Å². The summed E-state index contributed by atoms with van der Waals surface area (Å²) in [5.74, 6) is -0.586. The van der Waals surface area contributed by atoms with Crippen LogP contribution in [-0.4, -0.2) is 60.5 Å². The van der Waals surface area contributed by atoms with E-state index in [0.29, 0.717) is 39.2 Å². The van der Waals surface area contributed by atoms with Gasteiger partial charge in [0.2, 0.25) is 11.8 Å². The van der Waals surface area contributed by atoms with Gasteiger partial charge >= 0.3 is 6.09 Å². The number of piperazine rings is 1. The first-order valence-corrected chi connectivity index (χ1v) is 9.49. The second kappa shape index (κ2) is 7.98. The molecule has 1 aromatic carbocycles. The van der Waals surface area contributed by atoms with Crippen molar-refractivity contribution in [3.8, 4) is 0 Å². The first kappa shape index (κ1) is 19.2. The van der Waals surface area contributed by atoms with Gasteiger partial charge in [0.15, 0.2) is 0 Å². The molecule has 2 aliphatic rings. The van der Waals surface area contributed by atoms with Gasteiger partial charge in [0.1, 0.15) is 0 Å². The summed E-state index contributed by atoms with van der Waals surface area (Å²) in [5, 5.41) is 2.96. The zero-order chi connectivity index (χ0) is 19.6. The molecule has 1 aliphatic heterocycles. The minimum atomic E-state index is -0.332. The molecule has 0 bridgehead atoms. The van der Waals surface area contributed by atoms with Crippen molar-refractivity contribution in [3.63, 3.8) is 0 Å². The van der Waals surface area contributed by atoms with Crippen LogP contribution in [-0.2, 0) is 14.3 Å². The van der Waals surface area contributed by atoms with Crippen LogP contribution < -0.4 is 5.32 Å². The van der Waals surface area contributed by atoms with Crippen molar-refractivity contribution >= 4 is 23.6 Å². The molecule has 2 atom stereocenters. The van der Waals surface area contributed by atoms with Gasteiger partial charge < -0.3 is 19.9 Å². The van der Waals surface area contributed by atoms with Crippen molar-refractivity contribution in [1.29, 1.82) is 0 Å². The van der Waals surface area contributed by atoms with Crippen molar-refractivity contribution in [1.82, 2.24) is 9.80 Å². The second-order valence-corrected chi connectivity index (χ2v) is 7.27. The number of nitrogens with one attached hydrogen (secondary N) is 1. The van der Waals surface area contributed by atoms with Crippen molar-refractivity contribution in [2.24, 2.45) is 11.8 Å². The standard InChI is InChI=1S/C20H27N3O4/c1-4-27-20(26)23-9-7-22(8-10-23)19(25)16-12-15(16)18(24)21-17-11-13(2)5-6-14(17)3/h5-6,11,15-16H,4,7-10,12H2,1-3H3,(H,21,24). The summed E-state index contributed by atoms with van der Waals surface area (Å²) in [6.07, 6.45) is 0.259. The van der Waals surface area contributed by atoms with Crippen molar-refractivity contribution in [2.75, 3.05) is 38.1 Å². The Morgan fingerprint density at radius 3 is 2.41 bits per heavy atom. The fraction of sp³-hybridized carbons (Fsp3) is 0.550. The number of aryl methyl sites for hydroxylation is 2. The Kier molecular flexibility index (Phi) is 5.68. The molecule has 1 N–H and O–H groups in total. The van der Waals surface area contributed by atoms with E-state index in [1.54, 1.807) is 16.7 Å². The summed E-state index contributed by atoms with van der Waals surface area (Å²) < 4.78 is 4.99. The normalized spacial score (nSPS) is 21.6. The third-order valence-electron chi connectivity index (χ3n) is 5.21. The van der Waals surface area contributed by atoms with Crippen LogP contribution >= 0.6 is 0 Å². The Morgan fingerprint density at radius 2 is 1.74 bits per heavy atom.